The molecule has 5 N–H and O–H groups in total. The fraction of sp³-hybridized carbons (Fsp3) is 0.647. The lowest BCUT2D eigenvalue weighted by Crippen LogP contribution is -2.41. The lowest BCUT2D eigenvalue weighted by molar-refractivity contribution is -0.147. The minimum atomic E-state index is -0.412. The number of carbonyl (C=O) groups excluding carboxylic acids is 1. The van der Waals surface area contributed by atoms with Gasteiger partial charge in [0.2, 0.25) is 0 Å². The summed E-state index contributed by atoms with van der Waals surface area (Å²) in [5.74, 6) is 1.07. The number of ether oxygens (including phenoxy) is 2. The molecule has 8 nitrogen and oxygen atoms in total. The first kappa shape index (κ1) is 21.1. The first-order chi connectivity index (χ1) is 12.0. The van der Waals surface area contributed by atoms with Gasteiger partial charge in [0.25, 0.3) is 0 Å². The minimum Gasteiger partial charge on any atom is -0.462 e. The number of nitrogens with two attached hydrogens (primary N) is 2. The van der Waals surface area contributed by atoms with Gasteiger partial charge in [-0.05, 0) is 31.9 Å². The first-order valence-corrected chi connectivity index (χ1v) is 8.66. The van der Waals surface area contributed by atoms with E-state index in [4.69, 9.17) is 20.9 Å². The number of hydrogen-bond acceptors (Lipinski definition) is 7. The number of esters is 1. The SMILES string of the molecule is C=C1NC(=NC)C=CN1C1CCC(COC(=O)CN)O1.CCCCN. The molecule has 142 valence electrons. The molecule has 0 radical (unpaired) electrons. The molecule has 0 amide bonds. The molecule has 2 aliphatic heterocycles. The highest BCUT2D eigenvalue weighted by atomic mass is 16.6. The monoisotopic (exact) mass is 353 g/mol. The minimum absolute atomic E-state index is 0.0991. The second-order valence-corrected chi connectivity index (χ2v) is 5.72. The molecular weight excluding hydrogens is 322 g/mol. The molecule has 2 heterocycles. The summed E-state index contributed by atoms with van der Waals surface area (Å²) in [6.07, 6.45) is 7.60. The highest BCUT2D eigenvalue weighted by molar-refractivity contribution is 5.94. The van der Waals surface area contributed by atoms with Crippen molar-refractivity contribution in [2.75, 3.05) is 26.7 Å². The van der Waals surface area contributed by atoms with Gasteiger partial charge < -0.3 is 31.2 Å². The summed E-state index contributed by atoms with van der Waals surface area (Å²) in [4.78, 5) is 17.0. The van der Waals surface area contributed by atoms with E-state index in [0.717, 1.165) is 31.0 Å². The molecule has 1 saturated heterocycles. The number of unbranched alkanes of at least 4 members (excludes halogenated alkanes) is 1. The largest absolute Gasteiger partial charge is 0.462 e. The van der Waals surface area contributed by atoms with Gasteiger partial charge in [-0.15, -0.1) is 0 Å². The highest BCUT2D eigenvalue weighted by Gasteiger charge is 2.31. The van der Waals surface area contributed by atoms with Crippen LogP contribution in [0.4, 0.5) is 0 Å². The van der Waals surface area contributed by atoms with Gasteiger partial charge >= 0.3 is 5.97 Å². The number of amidine groups is 1. The molecule has 0 saturated carbocycles. The Labute approximate surface area is 149 Å². The Morgan fingerprint density at radius 3 is 2.80 bits per heavy atom. The van der Waals surface area contributed by atoms with Crippen LogP contribution in [0.15, 0.2) is 29.7 Å². The second kappa shape index (κ2) is 11.6. The molecule has 2 atom stereocenters. The fourth-order valence-corrected chi connectivity index (χ4v) is 2.36. The van der Waals surface area contributed by atoms with Crippen LogP contribution in [0, 0.1) is 0 Å². The summed E-state index contributed by atoms with van der Waals surface area (Å²) in [5.41, 5.74) is 10.3. The van der Waals surface area contributed by atoms with Crippen molar-refractivity contribution in [1.29, 1.82) is 0 Å². The Kier molecular flexibility index (Phi) is 9.83. The average molecular weight is 353 g/mol. The molecule has 0 aliphatic carbocycles. The number of nitrogens with one attached hydrogen (secondary N) is 1. The smallest absolute Gasteiger partial charge is 0.319 e. The van der Waals surface area contributed by atoms with Crippen LogP contribution in [0.2, 0.25) is 0 Å². The van der Waals surface area contributed by atoms with E-state index in [1.54, 1.807) is 7.05 Å². The molecule has 0 bridgehead atoms. The summed E-state index contributed by atoms with van der Waals surface area (Å²) >= 11 is 0. The molecule has 0 aromatic carbocycles. The van der Waals surface area contributed by atoms with E-state index in [1.165, 1.54) is 12.8 Å². The van der Waals surface area contributed by atoms with E-state index in [2.05, 4.69) is 23.8 Å². The van der Waals surface area contributed by atoms with E-state index in [0.29, 0.717) is 0 Å². The van der Waals surface area contributed by atoms with Gasteiger partial charge in [-0.2, -0.15) is 0 Å². The third-order valence-corrected chi connectivity index (χ3v) is 3.77. The quantitative estimate of drug-likeness (QED) is 0.601. The molecule has 2 unspecified atom stereocenters. The predicted octanol–water partition coefficient (Wildman–Crippen LogP) is 0.657. The summed E-state index contributed by atoms with van der Waals surface area (Å²) in [6, 6.07) is 0. The van der Waals surface area contributed by atoms with Crippen LogP contribution in [0.1, 0.15) is 32.6 Å². The molecule has 2 aliphatic rings. The van der Waals surface area contributed by atoms with Crippen molar-refractivity contribution >= 4 is 11.8 Å². The Bertz CT molecular complexity index is 491. The first-order valence-electron chi connectivity index (χ1n) is 8.66. The molecule has 0 aromatic rings. The number of hydrogen-bond donors (Lipinski definition) is 3. The topological polar surface area (TPSA) is 115 Å². The predicted molar refractivity (Wildman–Crippen MR) is 98.5 cm³/mol. The summed E-state index contributed by atoms with van der Waals surface area (Å²) in [7, 11) is 1.71. The molecule has 8 heteroatoms. The summed E-state index contributed by atoms with van der Waals surface area (Å²) in [6.45, 7) is 7.06. The van der Waals surface area contributed by atoms with Crippen molar-refractivity contribution in [2.24, 2.45) is 16.5 Å². The van der Waals surface area contributed by atoms with Crippen LogP contribution >= 0.6 is 0 Å². The van der Waals surface area contributed by atoms with Crippen LogP contribution in [-0.4, -0.2) is 55.8 Å². The van der Waals surface area contributed by atoms with Gasteiger partial charge in [-0.3, -0.25) is 9.79 Å². The van der Waals surface area contributed by atoms with E-state index in [-0.39, 0.29) is 25.5 Å². The van der Waals surface area contributed by atoms with Gasteiger partial charge in [-0.25, -0.2) is 0 Å². The van der Waals surface area contributed by atoms with Gasteiger partial charge in [0.1, 0.15) is 24.5 Å². The zero-order valence-corrected chi connectivity index (χ0v) is 15.2. The fourth-order valence-electron chi connectivity index (χ4n) is 2.36. The average Bonchev–Trinajstić information content (AvgIpc) is 3.09. The maximum atomic E-state index is 11.0. The summed E-state index contributed by atoms with van der Waals surface area (Å²) < 4.78 is 10.8. The molecule has 2 rings (SSSR count). The van der Waals surface area contributed by atoms with E-state index in [1.807, 2.05) is 17.2 Å². The van der Waals surface area contributed by atoms with Crippen LogP contribution in [0.5, 0.6) is 0 Å². The normalized spacial score (nSPS) is 23.9. The lowest BCUT2D eigenvalue weighted by atomic mass is 10.2. The number of carbonyl (C=O) groups is 1. The van der Waals surface area contributed by atoms with Crippen molar-refractivity contribution < 1.29 is 14.3 Å². The third kappa shape index (κ3) is 7.25. The van der Waals surface area contributed by atoms with Crippen molar-refractivity contribution in [1.82, 2.24) is 10.2 Å². The Morgan fingerprint density at radius 2 is 2.28 bits per heavy atom. The molecule has 0 aromatic heterocycles. The zero-order chi connectivity index (χ0) is 18.7. The van der Waals surface area contributed by atoms with Gasteiger partial charge in [0.05, 0.1) is 12.6 Å². The van der Waals surface area contributed by atoms with Crippen molar-refractivity contribution in [3.63, 3.8) is 0 Å². The maximum Gasteiger partial charge on any atom is 0.319 e. The van der Waals surface area contributed by atoms with Crippen molar-refractivity contribution in [2.45, 2.75) is 44.9 Å². The number of rotatable bonds is 6. The summed E-state index contributed by atoms with van der Waals surface area (Å²) in [5, 5.41) is 3.08. The molecular formula is C17H31N5O3. The van der Waals surface area contributed by atoms with Crippen LogP contribution in [0.3, 0.4) is 0 Å². The van der Waals surface area contributed by atoms with E-state index >= 15 is 0 Å². The van der Waals surface area contributed by atoms with Gasteiger partial charge in [0.15, 0.2) is 0 Å². The second-order valence-electron chi connectivity index (χ2n) is 5.72. The Balaban J connectivity index is 0.000000550. The Morgan fingerprint density at radius 1 is 1.52 bits per heavy atom. The van der Waals surface area contributed by atoms with Crippen LogP contribution in [-0.2, 0) is 14.3 Å². The number of nitrogens with zero attached hydrogens (tertiary/aromatic N) is 2. The standard InChI is InChI=1S/C13H20N4O3.C4H11N/c1-9-16-11(15-2)5-6-17(9)12-4-3-10(20-12)8-19-13(18)7-14;1-2-3-4-5/h5-6,10,12H,1,3-4,7-8,14H2,2H3,(H,15,16);2-5H2,1H3. The lowest BCUT2D eigenvalue weighted by Gasteiger charge is -2.32. The molecule has 25 heavy (non-hydrogen) atoms. The highest BCUT2D eigenvalue weighted by Crippen LogP contribution is 2.26. The molecule has 1 fully saturated rings. The Hall–Kier alpha value is -1.90. The van der Waals surface area contributed by atoms with Crippen LogP contribution < -0.4 is 16.8 Å². The van der Waals surface area contributed by atoms with E-state index in [9.17, 15) is 4.79 Å². The number of aliphatic imine (C=N–C) groups is 1. The molecule has 0 spiro atoms. The van der Waals surface area contributed by atoms with Crippen LogP contribution in [0.25, 0.3) is 0 Å². The maximum absolute atomic E-state index is 11.0. The van der Waals surface area contributed by atoms with Crippen molar-refractivity contribution in [3.05, 3.63) is 24.7 Å². The van der Waals surface area contributed by atoms with Gasteiger partial charge in [0, 0.05) is 13.2 Å². The third-order valence-electron chi connectivity index (χ3n) is 3.77. The van der Waals surface area contributed by atoms with Crippen molar-refractivity contribution in [3.8, 4) is 0 Å². The zero-order valence-electron chi connectivity index (χ0n) is 15.2. The van der Waals surface area contributed by atoms with E-state index < -0.39 is 5.97 Å². The van der Waals surface area contributed by atoms with Gasteiger partial charge in [-0.1, -0.05) is 19.9 Å².